The van der Waals surface area contributed by atoms with E-state index in [0.717, 1.165) is 11.4 Å². The summed E-state index contributed by atoms with van der Waals surface area (Å²) in [5.74, 6) is -0.907. The number of hydrogen-bond donors (Lipinski definition) is 2. The van der Waals surface area contributed by atoms with Gasteiger partial charge in [0.05, 0.1) is 11.3 Å². The van der Waals surface area contributed by atoms with Crippen LogP contribution in [-0.2, 0) is 9.53 Å². The van der Waals surface area contributed by atoms with Crippen molar-refractivity contribution < 1.29 is 19.1 Å². The van der Waals surface area contributed by atoms with Crippen LogP contribution in [0.4, 0.5) is 4.79 Å². The van der Waals surface area contributed by atoms with Crippen LogP contribution >= 0.6 is 0 Å². The number of nitrogens with zero attached hydrogens (tertiary/aromatic N) is 3. The molecule has 0 unspecified atom stereocenters. The summed E-state index contributed by atoms with van der Waals surface area (Å²) in [6, 6.07) is 4.37. The molecule has 9 nitrogen and oxygen atoms in total. The molecule has 0 spiro atoms. The molecule has 136 valence electrons. The molecule has 2 N–H and O–H groups in total. The number of amides is 3. The highest BCUT2D eigenvalue weighted by atomic mass is 16.5. The molecule has 0 aliphatic heterocycles. The monoisotopic (exact) mass is 357 g/mol. The van der Waals surface area contributed by atoms with Gasteiger partial charge in [-0.2, -0.15) is 5.10 Å². The van der Waals surface area contributed by atoms with Crippen molar-refractivity contribution in [1.29, 1.82) is 0 Å². The molecule has 0 aliphatic rings. The number of hydrogen-bond acceptors (Lipinski definition) is 6. The lowest BCUT2D eigenvalue weighted by atomic mass is 10.3. The van der Waals surface area contributed by atoms with Crippen LogP contribution < -0.4 is 10.6 Å². The molecule has 0 atom stereocenters. The van der Waals surface area contributed by atoms with Crippen LogP contribution in [-0.4, -0.2) is 45.8 Å². The van der Waals surface area contributed by atoms with E-state index in [1.54, 1.807) is 10.7 Å². The number of urea groups is 1. The van der Waals surface area contributed by atoms with Gasteiger partial charge < -0.3 is 10.1 Å². The van der Waals surface area contributed by atoms with Gasteiger partial charge in [0.2, 0.25) is 0 Å². The van der Waals surface area contributed by atoms with Gasteiger partial charge in [-0.15, -0.1) is 6.58 Å². The molecule has 2 aromatic rings. The topological polar surface area (TPSA) is 115 Å². The Kier molecular flexibility index (Phi) is 6.20. The molecule has 9 heteroatoms. The highest BCUT2D eigenvalue weighted by Gasteiger charge is 2.13. The number of nitrogens with one attached hydrogen (secondary N) is 2. The Morgan fingerprint density at radius 3 is 2.65 bits per heavy atom. The van der Waals surface area contributed by atoms with Gasteiger partial charge in [0.1, 0.15) is 0 Å². The van der Waals surface area contributed by atoms with Crippen LogP contribution in [0.2, 0.25) is 0 Å². The molecule has 2 aromatic heterocycles. The van der Waals surface area contributed by atoms with Crippen LogP contribution in [0.15, 0.2) is 37.1 Å². The third-order valence-electron chi connectivity index (χ3n) is 3.20. The van der Waals surface area contributed by atoms with Gasteiger partial charge in [-0.25, -0.2) is 19.3 Å². The van der Waals surface area contributed by atoms with Crippen molar-refractivity contribution in [3.05, 3.63) is 54.0 Å². The van der Waals surface area contributed by atoms with Crippen molar-refractivity contribution in [2.24, 2.45) is 0 Å². The van der Waals surface area contributed by atoms with Crippen molar-refractivity contribution in [2.75, 3.05) is 13.2 Å². The van der Waals surface area contributed by atoms with Crippen LogP contribution in [0, 0.1) is 13.8 Å². The number of carbonyl (C=O) groups excluding carboxylic acids is 3. The summed E-state index contributed by atoms with van der Waals surface area (Å²) >= 11 is 0. The van der Waals surface area contributed by atoms with E-state index in [1.165, 1.54) is 18.3 Å². The second-order valence-electron chi connectivity index (χ2n) is 5.37. The molecule has 0 saturated carbocycles. The van der Waals surface area contributed by atoms with Gasteiger partial charge in [0.15, 0.2) is 12.4 Å². The van der Waals surface area contributed by atoms with Crippen molar-refractivity contribution in [3.8, 4) is 5.82 Å². The summed E-state index contributed by atoms with van der Waals surface area (Å²) in [7, 11) is 0. The standard InChI is InChI=1S/C17H19N5O4/c1-4-7-18-17(25)20-15(23)10-26-16(24)13-5-6-14(19-9-13)22-12(3)8-11(2)21-22/h4-6,8-9H,1,7,10H2,2-3H3,(H2,18,20,23,25). The van der Waals surface area contributed by atoms with Crippen LogP contribution in [0.5, 0.6) is 0 Å². The Labute approximate surface area is 150 Å². The minimum Gasteiger partial charge on any atom is -0.452 e. The van der Waals surface area contributed by atoms with Gasteiger partial charge in [0.25, 0.3) is 5.91 Å². The second kappa shape index (κ2) is 8.56. The fourth-order valence-corrected chi connectivity index (χ4v) is 2.08. The molecular weight excluding hydrogens is 338 g/mol. The van der Waals surface area contributed by atoms with Crippen LogP contribution in [0.3, 0.4) is 0 Å². The van der Waals surface area contributed by atoms with E-state index >= 15 is 0 Å². The Bertz CT molecular complexity index is 826. The minimum atomic E-state index is -0.743. The molecule has 26 heavy (non-hydrogen) atoms. The highest BCUT2D eigenvalue weighted by Crippen LogP contribution is 2.10. The highest BCUT2D eigenvalue weighted by molar-refractivity contribution is 5.96. The van der Waals surface area contributed by atoms with Gasteiger partial charge in [0, 0.05) is 18.4 Å². The zero-order valence-electron chi connectivity index (χ0n) is 14.5. The van der Waals surface area contributed by atoms with Crippen molar-refractivity contribution in [3.63, 3.8) is 0 Å². The van der Waals surface area contributed by atoms with E-state index in [4.69, 9.17) is 4.74 Å². The minimum absolute atomic E-state index is 0.180. The van der Waals surface area contributed by atoms with Crippen LogP contribution in [0.25, 0.3) is 5.82 Å². The zero-order valence-corrected chi connectivity index (χ0v) is 14.5. The van der Waals surface area contributed by atoms with Crippen molar-refractivity contribution >= 4 is 17.9 Å². The van der Waals surface area contributed by atoms with E-state index in [1.807, 2.05) is 25.2 Å². The molecule has 0 fully saturated rings. The first-order valence-electron chi connectivity index (χ1n) is 7.76. The Balaban J connectivity index is 1.90. The summed E-state index contributed by atoms with van der Waals surface area (Å²) in [4.78, 5) is 38.9. The third-order valence-corrected chi connectivity index (χ3v) is 3.20. The summed E-state index contributed by atoms with van der Waals surface area (Å²) in [6.07, 6.45) is 2.80. The number of ether oxygens (including phenoxy) is 1. The van der Waals surface area contributed by atoms with E-state index < -0.39 is 24.5 Å². The SMILES string of the molecule is C=CCNC(=O)NC(=O)COC(=O)c1ccc(-n2nc(C)cc2C)nc1. The summed E-state index contributed by atoms with van der Waals surface area (Å²) < 4.78 is 6.51. The molecule has 0 bridgehead atoms. The number of rotatable bonds is 6. The average Bonchev–Trinajstić information content (AvgIpc) is 2.96. The summed E-state index contributed by atoms with van der Waals surface area (Å²) in [6.45, 7) is 6.83. The molecule has 2 heterocycles. The lowest BCUT2D eigenvalue weighted by molar-refractivity contribution is -0.123. The van der Waals surface area contributed by atoms with E-state index in [9.17, 15) is 14.4 Å². The van der Waals surface area contributed by atoms with E-state index in [0.29, 0.717) is 5.82 Å². The fourth-order valence-electron chi connectivity index (χ4n) is 2.08. The van der Waals surface area contributed by atoms with E-state index in [-0.39, 0.29) is 12.1 Å². The third kappa shape index (κ3) is 5.00. The maximum absolute atomic E-state index is 11.9. The Morgan fingerprint density at radius 2 is 2.08 bits per heavy atom. The molecule has 0 radical (unpaired) electrons. The quantitative estimate of drug-likeness (QED) is 0.590. The lowest BCUT2D eigenvalue weighted by Crippen LogP contribution is -2.41. The Hall–Kier alpha value is -3.49. The molecule has 0 aromatic carbocycles. The number of aryl methyl sites for hydroxylation is 2. The normalized spacial score (nSPS) is 10.1. The van der Waals surface area contributed by atoms with Gasteiger partial charge >= 0.3 is 12.0 Å². The Morgan fingerprint density at radius 1 is 1.31 bits per heavy atom. The molecule has 3 amide bonds. The average molecular weight is 357 g/mol. The predicted molar refractivity (Wildman–Crippen MR) is 92.9 cm³/mol. The molecule has 0 aliphatic carbocycles. The molecular formula is C17H19N5O4. The maximum atomic E-state index is 11.9. The van der Waals surface area contributed by atoms with E-state index in [2.05, 4.69) is 22.0 Å². The van der Waals surface area contributed by atoms with Gasteiger partial charge in [-0.05, 0) is 32.0 Å². The number of carbonyl (C=O) groups is 3. The number of pyridine rings is 1. The summed E-state index contributed by atoms with van der Waals surface area (Å²) in [5.41, 5.74) is 1.95. The maximum Gasteiger partial charge on any atom is 0.340 e. The number of aromatic nitrogens is 3. The largest absolute Gasteiger partial charge is 0.452 e. The van der Waals surface area contributed by atoms with Crippen LogP contribution in [0.1, 0.15) is 21.7 Å². The number of esters is 1. The number of imide groups is 1. The first-order chi connectivity index (χ1) is 12.4. The summed E-state index contributed by atoms with van der Waals surface area (Å²) in [5, 5.41) is 8.69. The fraction of sp³-hybridized carbons (Fsp3) is 0.235. The molecule has 2 rings (SSSR count). The van der Waals surface area contributed by atoms with Crippen molar-refractivity contribution in [1.82, 2.24) is 25.4 Å². The predicted octanol–water partition coefficient (Wildman–Crippen LogP) is 1.05. The van der Waals surface area contributed by atoms with Gasteiger partial charge in [-0.1, -0.05) is 6.08 Å². The first-order valence-corrected chi connectivity index (χ1v) is 7.76. The first kappa shape index (κ1) is 18.8. The lowest BCUT2D eigenvalue weighted by Gasteiger charge is -2.07. The van der Waals surface area contributed by atoms with Gasteiger partial charge in [-0.3, -0.25) is 10.1 Å². The zero-order chi connectivity index (χ0) is 19.1. The van der Waals surface area contributed by atoms with Crippen molar-refractivity contribution in [2.45, 2.75) is 13.8 Å². The smallest absolute Gasteiger partial charge is 0.340 e. The molecule has 0 saturated heterocycles. The second-order valence-corrected chi connectivity index (χ2v) is 5.37.